The van der Waals surface area contributed by atoms with E-state index in [1.165, 1.54) is 18.4 Å². The van der Waals surface area contributed by atoms with E-state index in [1.54, 1.807) is 6.07 Å². The first kappa shape index (κ1) is 16.2. The molecule has 1 fully saturated rings. The van der Waals surface area contributed by atoms with E-state index in [2.05, 4.69) is 49.0 Å². The number of benzene rings is 1. The summed E-state index contributed by atoms with van der Waals surface area (Å²) in [6.07, 6.45) is 2.19. The lowest BCUT2D eigenvalue weighted by Crippen LogP contribution is -2.24. The second-order valence-corrected chi connectivity index (χ2v) is 6.11. The summed E-state index contributed by atoms with van der Waals surface area (Å²) >= 11 is 0. The monoisotopic (exact) mass is 326 g/mol. The molecule has 2 heterocycles. The number of carbonyl (C=O) groups is 1. The minimum atomic E-state index is -0.467. The summed E-state index contributed by atoms with van der Waals surface area (Å²) in [4.78, 5) is 15.8. The Hall–Kier alpha value is -2.63. The summed E-state index contributed by atoms with van der Waals surface area (Å²) in [5, 5.41) is 8.22. The summed E-state index contributed by atoms with van der Waals surface area (Å²) < 4.78 is 4.67. The van der Waals surface area contributed by atoms with E-state index in [-0.39, 0.29) is 11.7 Å². The number of methoxy groups -OCH3 is 1. The van der Waals surface area contributed by atoms with Crippen LogP contribution in [0.2, 0.25) is 0 Å². The second kappa shape index (κ2) is 6.86. The maximum atomic E-state index is 11.5. The highest BCUT2D eigenvalue weighted by Crippen LogP contribution is 2.36. The van der Waals surface area contributed by atoms with Crippen LogP contribution in [-0.4, -0.2) is 43.9 Å². The molecule has 1 unspecified atom stereocenters. The highest BCUT2D eigenvalue weighted by molar-refractivity contribution is 5.87. The molecule has 1 saturated heterocycles. The van der Waals surface area contributed by atoms with Gasteiger partial charge >= 0.3 is 5.97 Å². The van der Waals surface area contributed by atoms with Gasteiger partial charge in [-0.3, -0.25) is 0 Å². The average Bonchev–Trinajstić information content (AvgIpc) is 3.11. The van der Waals surface area contributed by atoms with Crippen LogP contribution in [0.3, 0.4) is 0 Å². The second-order valence-electron chi connectivity index (χ2n) is 6.11. The Labute approximate surface area is 142 Å². The van der Waals surface area contributed by atoms with E-state index < -0.39 is 5.97 Å². The van der Waals surface area contributed by atoms with E-state index in [0.29, 0.717) is 0 Å². The Bertz CT molecular complexity index is 715. The number of hydrogen-bond donors (Lipinski definition) is 0. The fourth-order valence-electron chi connectivity index (χ4n) is 3.09. The third-order valence-electron chi connectivity index (χ3n) is 4.36. The molecule has 1 aliphatic heterocycles. The Morgan fingerprint density at radius 1 is 1.25 bits per heavy atom. The molecule has 24 heavy (non-hydrogen) atoms. The fraction of sp³-hybridized carbons (Fsp3) is 0.389. The largest absolute Gasteiger partial charge is 0.464 e. The molecule has 0 saturated carbocycles. The van der Waals surface area contributed by atoms with Gasteiger partial charge in [0.1, 0.15) is 0 Å². The summed E-state index contributed by atoms with van der Waals surface area (Å²) in [6, 6.07) is 12.4. The van der Waals surface area contributed by atoms with Gasteiger partial charge in [-0.15, -0.1) is 10.2 Å². The summed E-state index contributed by atoms with van der Waals surface area (Å²) in [7, 11) is 5.43. The van der Waals surface area contributed by atoms with E-state index >= 15 is 0 Å². The molecule has 1 aromatic carbocycles. The van der Waals surface area contributed by atoms with Gasteiger partial charge in [0, 0.05) is 26.3 Å². The molecule has 0 aliphatic carbocycles. The van der Waals surface area contributed by atoms with Gasteiger partial charge in [0.05, 0.1) is 13.2 Å². The van der Waals surface area contributed by atoms with Crippen LogP contribution in [0.1, 0.15) is 34.9 Å². The lowest BCUT2D eigenvalue weighted by atomic mass is 10.0. The van der Waals surface area contributed by atoms with Gasteiger partial charge in [0.2, 0.25) is 0 Å². The normalized spacial score (nSPS) is 17.0. The predicted octanol–water partition coefficient (Wildman–Crippen LogP) is 2.67. The van der Waals surface area contributed by atoms with Crippen LogP contribution < -0.4 is 9.80 Å². The standard InChI is InChI=1S/C18H22N4O2/c1-21(2)14-7-4-6-13(12-14)16-8-5-11-22(16)17-10-9-15(19-20-17)18(23)24-3/h4,6-7,9-10,12,16H,5,8,11H2,1-3H3. The van der Waals surface area contributed by atoms with E-state index in [1.807, 2.05) is 20.2 Å². The molecule has 0 radical (unpaired) electrons. The first-order chi connectivity index (χ1) is 11.6. The third kappa shape index (κ3) is 3.18. The number of hydrogen-bond acceptors (Lipinski definition) is 6. The topological polar surface area (TPSA) is 58.6 Å². The SMILES string of the molecule is COC(=O)c1ccc(N2CCCC2c2cccc(N(C)C)c2)nn1. The van der Waals surface area contributed by atoms with Crippen molar-refractivity contribution < 1.29 is 9.53 Å². The van der Waals surface area contributed by atoms with Crippen molar-refractivity contribution in [3.05, 3.63) is 47.7 Å². The highest BCUT2D eigenvalue weighted by atomic mass is 16.5. The van der Waals surface area contributed by atoms with Gasteiger partial charge < -0.3 is 14.5 Å². The van der Waals surface area contributed by atoms with Crippen molar-refractivity contribution in [1.82, 2.24) is 10.2 Å². The van der Waals surface area contributed by atoms with Gasteiger partial charge in [-0.2, -0.15) is 0 Å². The van der Waals surface area contributed by atoms with Crippen molar-refractivity contribution in [2.24, 2.45) is 0 Å². The molecular formula is C18H22N4O2. The van der Waals surface area contributed by atoms with Crippen molar-refractivity contribution in [2.45, 2.75) is 18.9 Å². The number of ether oxygens (including phenoxy) is 1. The van der Waals surface area contributed by atoms with Crippen LogP contribution >= 0.6 is 0 Å². The first-order valence-electron chi connectivity index (χ1n) is 8.06. The molecule has 6 nitrogen and oxygen atoms in total. The van der Waals surface area contributed by atoms with Gasteiger partial charge in [0.25, 0.3) is 0 Å². The first-order valence-corrected chi connectivity index (χ1v) is 8.06. The zero-order chi connectivity index (χ0) is 17.1. The van der Waals surface area contributed by atoms with Gasteiger partial charge in [-0.1, -0.05) is 12.1 Å². The minimum Gasteiger partial charge on any atom is -0.464 e. The van der Waals surface area contributed by atoms with Crippen molar-refractivity contribution in [3.63, 3.8) is 0 Å². The van der Waals surface area contributed by atoms with Crippen LogP contribution in [0.15, 0.2) is 36.4 Å². The average molecular weight is 326 g/mol. The molecule has 0 amide bonds. The van der Waals surface area contributed by atoms with E-state index in [9.17, 15) is 4.79 Å². The third-order valence-corrected chi connectivity index (χ3v) is 4.36. The van der Waals surface area contributed by atoms with Crippen molar-refractivity contribution >= 4 is 17.5 Å². The molecule has 126 valence electrons. The maximum Gasteiger partial charge on any atom is 0.358 e. The van der Waals surface area contributed by atoms with Crippen molar-refractivity contribution in [1.29, 1.82) is 0 Å². The molecular weight excluding hydrogens is 304 g/mol. The number of aromatic nitrogens is 2. The molecule has 1 aliphatic rings. The minimum absolute atomic E-state index is 0.228. The lowest BCUT2D eigenvalue weighted by molar-refractivity contribution is 0.0592. The van der Waals surface area contributed by atoms with Crippen LogP contribution in [0.4, 0.5) is 11.5 Å². The van der Waals surface area contributed by atoms with Crippen molar-refractivity contribution in [3.8, 4) is 0 Å². The molecule has 0 bridgehead atoms. The predicted molar refractivity (Wildman–Crippen MR) is 93.5 cm³/mol. The molecule has 6 heteroatoms. The molecule has 2 aromatic rings. The van der Waals surface area contributed by atoms with Crippen molar-refractivity contribution in [2.75, 3.05) is 37.5 Å². The molecule has 0 spiro atoms. The number of esters is 1. The molecule has 3 rings (SSSR count). The highest BCUT2D eigenvalue weighted by Gasteiger charge is 2.27. The van der Waals surface area contributed by atoms with Crippen LogP contribution in [0, 0.1) is 0 Å². The van der Waals surface area contributed by atoms with Gasteiger partial charge in [-0.25, -0.2) is 4.79 Å². The number of anilines is 2. The van der Waals surface area contributed by atoms with Crippen LogP contribution in [0.25, 0.3) is 0 Å². The Morgan fingerprint density at radius 2 is 2.08 bits per heavy atom. The summed E-state index contributed by atoms with van der Waals surface area (Å²) in [5.41, 5.74) is 2.69. The molecule has 1 aromatic heterocycles. The quantitative estimate of drug-likeness (QED) is 0.805. The van der Waals surface area contributed by atoms with Gasteiger partial charge in [-0.05, 0) is 42.7 Å². The zero-order valence-corrected chi connectivity index (χ0v) is 14.3. The lowest BCUT2D eigenvalue weighted by Gasteiger charge is -2.26. The zero-order valence-electron chi connectivity index (χ0n) is 14.3. The Kier molecular flexibility index (Phi) is 4.64. The van der Waals surface area contributed by atoms with Gasteiger partial charge in [0.15, 0.2) is 11.5 Å². The summed E-state index contributed by atoms with van der Waals surface area (Å²) in [5.74, 6) is 0.325. The molecule has 0 N–H and O–H groups in total. The smallest absolute Gasteiger partial charge is 0.358 e. The van der Waals surface area contributed by atoms with E-state index in [4.69, 9.17) is 0 Å². The van der Waals surface area contributed by atoms with E-state index in [0.717, 1.165) is 25.2 Å². The van der Waals surface area contributed by atoms with Crippen LogP contribution in [0.5, 0.6) is 0 Å². The number of nitrogens with zero attached hydrogens (tertiary/aromatic N) is 4. The summed E-state index contributed by atoms with van der Waals surface area (Å²) in [6.45, 7) is 0.934. The molecule has 1 atom stereocenters. The Balaban J connectivity index is 1.85. The fourth-order valence-corrected chi connectivity index (χ4v) is 3.09. The maximum absolute atomic E-state index is 11.5. The number of rotatable bonds is 4. The Morgan fingerprint density at radius 3 is 2.75 bits per heavy atom. The number of carbonyl (C=O) groups excluding carboxylic acids is 1. The van der Waals surface area contributed by atoms with Crippen LogP contribution in [-0.2, 0) is 4.74 Å².